The van der Waals surface area contributed by atoms with Crippen molar-refractivity contribution in [2.75, 3.05) is 11.9 Å². The number of carbonyl (C=O) groups excluding carboxylic acids is 3. The van der Waals surface area contributed by atoms with Gasteiger partial charge >= 0.3 is 0 Å². The number of rotatable bonds is 5. The van der Waals surface area contributed by atoms with E-state index in [1.165, 1.54) is 0 Å². The third kappa shape index (κ3) is 4.72. The van der Waals surface area contributed by atoms with Crippen LogP contribution in [0.15, 0.2) is 24.3 Å². The molecule has 6 nitrogen and oxygen atoms in total. The Hall–Kier alpha value is -2.37. The molecule has 1 saturated heterocycles. The highest BCUT2D eigenvalue weighted by Crippen LogP contribution is 2.30. The number of benzene rings is 1. The van der Waals surface area contributed by atoms with E-state index in [4.69, 9.17) is 0 Å². The molecule has 0 spiro atoms. The van der Waals surface area contributed by atoms with Crippen LogP contribution in [0.5, 0.6) is 0 Å². The Morgan fingerprint density at radius 2 is 1.68 bits per heavy atom. The van der Waals surface area contributed by atoms with Gasteiger partial charge in [-0.1, -0.05) is 32.9 Å². The number of hydrogen-bond acceptors (Lipinski definition) is 3. The van der Waals surface area contributed by atoms with Crippen LogP contribution < -0.4 is 10.6 Å². The molecule has 1 aliphatic carbocycles. The van der Waals surface area contributed by atoms with E-state index in [2.05, 4.69) is 10.6 Å². The lowest BCUT2D eigenvalue weighted by molar-refractivity contribution is -0.144. The van der Waals surface area contributed by atoms with Crippen LogP contribution in [0.25, 0.3) is 0 Å². The molecular weight excluding hydrogens is 354 g/mol. The largest absolute Gasteiger partial charge is 0.348 e. The zero-order valence-corrected chi connectivity index (χ0v) is 17.2. The minimum atomic E-state index is -0.491. The Bertz CT molecular complexity index is 747. The first-order chi connectivity index (χ1) is 13.2. The van der Waals surface area contributed by atoms with Gasteiger partial charge in [-0.3, -0.25) is 14.4 Å². The molecule has 3 amide bonds. The predicted molar refractivity (Wildman–Crippen MR) is 109 cm³/mol. The SMILES string of the molecule is CC(NC(=O)C1CCCN1C(=O)C(C)(C)C)c1ccc(NC(=O)C2CC2)cc1. The third-order valence-electron chi connectivity index (χ3n) is 5.44. The van der Waals surface area contributed by atoms with Crippen molar-refractivity contribution in [3.63, 3.8) is 0 Å². The summed E-state index contributed by atoms with van der Waals surface area (Å²) in [7, 11) is 0. The highest BCUT2D eigenvalue weighted by atomic mass is 16.2. The predicted octanol–water partition coefficient (Wildman–Crippen LogP) is 3.25. The van der Waals surface area contributed by atoms with E-state index < -0.39 is 11.5 Å². The lowest BCUT2D eigenvalue weighted by atomic mass is 9.94. The highest BCUT2D eigenvalue weighted by Gasteiger charge is 2.38. The molecule has 2 unspecified atom stereocenters. The van der Waals surface area contributed by atoms with Crippen molar-refractivity contribution in [2.45, 2.75) is 65.5 Å². The van der Waals surface area contributed by atoms with Gasteiger partial charge in [0.1, 0.15) is 6.04 Å². The second-order valence-electron chi connectivity index (χ2n) is 9.02. The number of amides is 3. The highest BCUT2D eigenvalue weighted by molar-refractivity contribution is 5.94. The van der Waals surface area contributed by atoms with E-state index >= 15 is 0 Å². The molecule has 1 heterocycles. The molecule has 1 aliphatic heterocycles. The van der Waals surface area contributed by atoms with Crippen LogP contribution in [0.1, 0.15) is 65.0 Å². The molecule has 0 radical (unpaired) electrons. The van der Waals surface area contributed by atoms with Crippen LogP contribution >= 0.6 is 0 Å². The van der Waals surface area contributed by atoms with Gasteiger partial charge in [0.15, 0.2) is 0 Å². The van der Waals surface area contributed by atoms with Crippen LogP contribution in [0.2, 0.25) is 0 Å². The third-order valence-corrected chi connectivity index (χ3v) is 5.44. The fraction of sp³-hybridized carbons (Fsp3) is 0.591. The molecule has 0 bridgehead atoms. The number of likely N-dealkylation sites (tertiary alicyclic amines) is 1. The van der Waals surface area contributed by atoms with Crippen molar-refractivity contribution < 1.29 is 14.4 Å². The van der Waals surface area contributed by atoms with E-state index in [9.17, 15) is 14.4 Å². The van der Waals surface area contributed by atoms with Gasteiger partial charge in [-0.15, -0.1) is 0 Å². The fourth-order valence-electron chi connectivity index (χ4n) is 3.55. The lowest BCUT2D eigenvalue weighted by Crippen LogP contribution is -2.49. The summed E-state index contributed by atoms with van der Waals surface area (Å²) in [6.45, 7) is 8.22. The molecule has 2 aliphatic rings. The molecule has 6 heteroatoms. The molecule has 2 atom stereocenters. The van der Waals surface area contributed by atoms with Gasteiger partial charge < -0.3 is 15.5 Å². The van der Waals surface area contributed by atoms with Gasteiger partial charge in [0.05, 0.1) is 6.04 Å². The van der Waals surface area contributed by atoms with Gasteiger partial charge in [-0.25, -0.2) is 0 Å². The van der Waals surface area contributed by atoms with E-state index in [-0.39, 0.29) is 29.7 Å². The topological polar surface area (TPSA) is 78.5 Å². The normalized spacial score (nSPS) is 20.6. The molecule has 1 aromatic rings. The van der Waals surface area contributed by atoms with Crippen molar-refractivity contribution in [3.05, 3.63) is 29.8 Å². The quantitative estimate of drug-likeness (QED) is 0.817. The Morgan fingerprint density at radius 3 is 2.25 bits per heavy atom. The van der Waals surface area contributed by atoms with Crippen molar-refractivity contribution in [2.24, 2.45) is 11.3 Å². The maximum atomic E-state index is 12.8. The van der Waals surface area contributed by atoms with Crippen molar-refractivity contribution in [1.82, 2.24) is 10.2 Å². The van der Waals surface area contributed by atoms with Crippen molar-refractivity contribution in [3.8, 4) is 0 Å². The monoisotopic (exact) mass is 385 g/mol. The molecular formula is C22H31N3O3. The molecule has 0 aromatic heterocycles. The molecule has 1 aromatic carbocycles. The van der Waals surface area contributed by atoms with Gasteiger partial charge in [0.25, 0.3) is 0 Å². The molecule has 3 rings (SSSR count). The van der Waals surface area contributed by atoms with E-state index in [0.717, 1.165) is 30.5 Å². The summed E-state index contributed by atoms with van der Waals surface area (Å²) in [6, 6.07) is 6.99. The smallest absolute Gasteiger partial charge is 0.243 e. The fourth-order valence-corrected chi connectivity index (χ4v) is 3.55. The summed E-state index contributed by atoms with van der Waals surface area (Å²) in [5.74, 6) is 0.171. The molecule has 2 fully saturated rings. The summed E-state index contributed by atoms with van der Waals surface area (Å²) < 4.78 is 0. The molecule has 2 N–H and O–H groups in total. The number of anilines is 1. The first-order valence-electron chi connectivity index (χ1n) is 10.2. The zero-order chi connectivity index (χ0) is 20.5. The van der Waals surface area contributed by atoms with E-state index in [1.54, 1.807) is 4.90 Å². The molecule has 1 saturated carbocycles. The number of nitrogens with one attached hydrogen (secondary N) is 2. The van der Waals surface area contributed by atoms with Gasteiger partial charge in [-0.05, 0) is 50.3 Å². The van der Waals surface area contributed by atoms with Crippen LogP contribution in [-0.4, -0.2) is 35.2 Å². The first-order valence-corrected chi connectivity index (χ1v) is 10.2. The average Bonchev–Trinajstić information content (AvgIpc) is 3.37. The number of nitrogens with zero attached hydrogens (tertiary/aromatic N) is 1. The lowest BCUT2D eigenvalue weighted by Gasteiger charge is -2.31. The zero-order valence-electron chi connectivity index (χ0n) is 17.2. The minimum absolute atomic E-state index is 0.0218. The summed E-state index contributed by atoms with van der Waals surface area (Å²) in [5.41, 5.74) is 1.25. The van der Waals surface area contributed by atoms with Crippen LogP contribution in [0.3, 0.4) is 0 Å². The number of hydrogen-bond donors (Lipinski definition) is 2. The van der Waals surface area contributed by atoms with E-state index in [1.807, 2.05) is 52.0 Å². The second kappa shape index (κ2) is 7.94. The first kappa shape index (κ1) is 20.4. The van der Waals surface area contributed by atoms with Crippen molar-refractivity contribution in [1.29, 1.82) is 0 Å². The Labute approximate surface area is 167 Å². The number of carbonyl (C=O) groups is 3. The Morgan fingerprint density at radius 1 is 1.04 bits per heavy atom. The van der Waals surface area contributed by atoms with Gasteiger partial charge in [0.2, 0.25) is 17.7 Å². The molecule has 28 heavy (non-hydrogen) atoms. The Balaban J connectivity index is 1.58. The maximum absolute atomic E-state index is 12.8. The van der Waals surface area contributed by atoms with Crippen LogP contribution in [-0.2, 0) is 14.4 Å². The Kier molecular flexibility index (Phi) is 5.77. The summed E-state index contributed by atoms with van der Waals surface area (Å²) in [4.78, 5) is 39.0. The van der Waals surface area contributed by atoms with E-state index in [0.29, 0.717) is 13.0 Å². The van der Waals surface area contributed by atoms with Gasteiger partial charge in [0, 0.05) is 23.6 Å². The average molecular weight is 386 g/mol. The summed E-state index contributed by atoms with van der Waals surface area (Å²) in [5, 5.41) is 5.96. The van der Waals surface area contributed by atoms with Gasteiger partial charge in [-0.2, -0.15) is 0 Å². The summed E-state index contributed by atoms with van der Waals surface area (Å²) >= 11 is 0. The van der Waals surface area contributed by atoms with Crippen molar-refractivity contribution >= 4 is 23.4 Å². The standard InChI is InChI=1S/C22H31N3O3/c1-14(15-9-11-17(12-10-15)24-19(26)16-7-8-16)23-20(27)18-6-5-13-25(18)21(28)22(2,3)4/h9-12,14,16,18H,5-8,13H2,1-4H3,(H,23,27)(H,24,26). The maximum Gasteiger partial charge on any atom is 0.243 e. The van der Waals surface area contributed by atoms with Crippen LogP contribution in [0, 0.1) is 11.3 Å². The second-order valence-corrected chi connectivity index (χ2v) is 9.02. The molecule has 152 valence electrons. The van der Waals surface area contributed by atoms with Crippen LogP contribution in [0.4, 0.5) is 5.69 Å². The minimum Gasteiger partial charge on any atom is -0.348 e. The summed E-state index contributed by atoms with van der Waals surface area (Å²) in [6.07, 6.45) is 3.50.